The van der Waals surface area contributed by atoms with E-state index in [1.54, 1.807) is 7.11 Å². The highest BCUT2D eigenvalue weighted by atomic mass is 16.5. The number of nitrogens with zero attached hydrogens (tertiary/aromatic N) is 4. The van der Waals surface area contributed by atoms with Crippen LogP contribution >= 0.6 is 0 Å². The molecule has 4 saturated heterocycles. The molecule has 72 heavy (non-hydrogen) atoms. The van der Waals surface area contributed by atoms with Gasteiger partial charge in [0.2, 0.25) is 11.8 Å². The number of methoxy groups -OCH3 is 3. The second-order valence-corrected chi connectivity index (χ2v) is 21.2. The zero-order valence-electron chi connectivity index (χ0n) is 42.7. The zero-order chi connectivity index (χ0) is 50.5. The Kier molecular flexibility index (Phi) is 14.1. The van der Waals surface area contributed by atoms with Crippen LogP contribution in [0, 0.1) is 17.8 Å². The summed E-state index contributed by atoms with van der Waals surface area (Å²) in [7, 11) is 4.31. The first-order valence-electron chi connectivity index (χ1n) is 25.8. The molecule has 0 aliphatic carbocycles. The number of likely N-dealkylation sites (tertiary alicyclic amines) is 2. The van der Waals surface area contributed by atoms with Gasteiger partial charge in [0.25, 0.3) is 0 Å². The highest BCUT2D eigenvalue weighted by Gasteiger charge is 2.47. The number of hydrogen-bond donors (Lipinski definition) is 3. The number of nitrogens with one attached hydrogen (secondary N) is 3. The maximum atomic E-state index is 14.7. The molecule has 4 aromatic rings. The van der Waals surface area contributed by atoms with Crippen molar-refractivity contribution in [2.45, 2.75) is 147 Å². The van der Waals surface area contributed by atoms with Gasteiger partial charge in [-0.25, -0.2) is 14.6 Å². The Morgan fingerprint density at radius 3 is 2.10 bits per heavy atom. The van der Waals surface area contributed by atoms with Gasteiger partial charge in [0, 0.05) is 43.3 Å². The van der Waals surface area contributed by atoms with Crippen molar-refractivity contribution >= 4 is 46.2 Å². The molecule has 4 fully saturated rings. The van der Waals surface area contributed by atoms with Crippen LogP contribution in [0.2, 0.25) is 0 Å². The van der Waals surface area contributed by atoms with Crippen molar-refractivity contribution in [2.24, 2.45) is 22.7 Å². The van der Waals surface area contributed by atoms with Crippen molar-refractivity contribution in [3.8, 4) is 28.1 Å². The highest BCUT2D eigenvalue weighted by Crippen LogP contribution is 2.46. The van der Waals surface area contributed by atoms with E-state index < -0.39 is 24.3 Å². The van der Waals surface area contributed by atoms with E-state index in [4.69, 9.17) is 38.4 Å². The Balaban J connectivity index is 0.872. The van der Waals surface area contributed by atoms with E-state index in [1.807, 2.05) is 43.7 Å². The van der Waals surface area contributed by atoms with Crippen LogP contribution in [0.5, 0.6) is 5.75 Å². The third kappa shape index (κ3) is 9.67. The molecule has 0 saturated carbocycles. The number of amides is 4. The zero-order valence-corrected chi connectivity index (χ0v) is 42.7. The molecule has 17 nitrogen and oxygen atoms in total. The second kappa shape index (κ2) is 20.5. The van der Waals surface area contributed by atoms with Crippen molar-refractivity contribution in [1.82, 2.24) is 30.4 Å². The predicted molar refractivity (Wildman–Crippen MR) is 270 cm³/mol. The van der Waals surface area contributed by atoms with Gasteiger partial charge in [-0.2, -0.15) is 0 Å². The average Bonchev–Trinajstić information content (AvgIpc) is 4.19. The summed E-state index contributed by atoms with van der Waals surface area (Å²) < 4.78 is 34.1. The molecule has 10 rings (SSSR count). The van der Waals surface area contributed by atoms with E-state index in [2.05, 4.69) is 65.0 Å². The number of fused-ring (bicyclic) bond motifs is 6. The molecule has 17 heteroatoms. The van der Waals surface area contributed by atoms with Crippen molar-refractivity contribution in [2.75, 3.05) is 34.5 Å². The first kappa shape index (κ1) is 49.5. The molecule has 0 spiro atoms. The van der Waals surface area contributed by atoms with Gasteiger partial charge in [0.05, 0.1) is 74.9 Å². The number of hydrogen-bond acceptors (Lipinski definition) is 12. The summed E-state index contributed by atoms with van der Waals surface area (Å²) in [4.78, 5) is 72.1. The molecule has 10 atom stereocenters. The summed E-state index contributed by atoms with van der Waals surface area (Å²) in [6, 6.07) is 12.8. The van der Waals surface area contributed by atoms with Crippen LogP contribution in [-0.2, 0) is 46.3 Å². The van der Waals surface area contributed by atoms with E-state index in [0.29, 0.717) is 64.1 Å². The van der Waals surface area contributed by atoms with Gasteiger partial charge >= 0.3 is 12.2 Å². The molecular formula is C55H69N7O10. The first-order chi connectivity index (χ1) is 34.7. The SMILES string of the molecule is COC[C@H]1C[C@@H](c2ncc(-c3ccc4c(c3)COc3cc5c6c(ccc5cc3-4)N=C([C@@H]3CC[C@H](C)N3C(=O)[C@@H](NC(=O)OC)C3C[C@@H](C)O[C@H](C)C3)C6)[nH]2)N(C(=O)[C@@H](NC(=O)OC)C2C[C@@H](C)O[C@H](C)C2)C1. The summed E-state index contributed by atoms with van der Waals surface area (Å²) >= 11 is 0. The lowest BCUT2D eigenvalue weighted by atomic mass is 9.85. The Hall–Kier alpha value is -6.04. The van der Waals surface area contributed by atoms with Crippen LogP contribution in [0.25, 0.3) is 33.2 Å². The largest absolute Gasteiger partial charge is 0.488 e. The fraction of sp³-hybridized carbons (Fsp3) is 0.564. The van der Waals surface area contributed by atoms with Crippen molar-refractivity contribution in [3.05, 3.63) is 65.6 Å². The number of ether oxygens (including phenoxy) is 6. The van der Waals surface area contributed by atoms with Crippen molar-refractivity contribution in [1.29, 1.82) is 0 Å². The molecular weight excluding hydrogens is 919 g/mol. The number of aromatic amines is 1. The Bertz CT molecular complexity index is 2740. The highest BCUT2D eigenvalue weighted by molar-refractivity contribution is 6.07. The fourth-order valence-corrected chi connectivity index (χ4v) is 12.9. The minimum absolute atomic E-state index is 0.0207. The van der Waals surface area contributed by atoms with Crippen LogP contribution in [-0.4, -0.2) is 133 Å². The summed E-state index contributed by atoms with van der Waals surface area (Å²) in [5.74, 6) is 1.08. The van der Waals surface area contributed by atoms with Crippen LogP contribution < -0.4 is 15.4 Å². The predicted octanol–water partition coefficient (Wildman–Crippen LogP) is 8.19. The molecule has 6 aliphatic rings. The lowest BCUT2D eigenvalue weighted by Crippen LogP contribution is -2.57. The average molecular weight is 988 g/mol. The number of rotatable bonds is 11. The number of aromatic nitrogens is 2. The summed E-state index contributed by atoms with van der Waals surface area (Å²) in [5, 5.41) is 7.95. The molecule has 384 valence electrons. The first-order valence-corrected chi connectivity index (χ1v) is 25.8. The fourth-order valence-electron chi connectivity index (χ4n) is 12.9. The second-order valence-electron chi connectivity index (χ2n) is 21.2. The standard InChI is InChI=1S/C55H69N7O10/c1-28-9-14-46(62(28)53(64)50(60-55(66)69-8)37-17-31(4)72-32(5)18-37)44-22-41-40-23-48-42(21-34(40)11-13-43(41)57-44)39-12-10-35(20-38(39)27-70-48)45-24-56-51(58-45)47-19-33(26-67-6)25-61(47)52(63)49(59-54(65)68-7)36-15-29(2)71-30(3)16-36/h10-13,20-21,23-24,28-33,36-37,46-47,49-50H,9,14-19,22,25-27H2,1-8H3,(H,56,58)(H,59,65)(H,60,66)/t28-,29+,30+,31+,32+,33-,46-,47-,49-,50-/m0/s1. The van der Waals surface area contributed by atoms with Crippen LogP contribution in [0.3, 0.4) is 0 Å². The third-order valence-electron chi connectivity index (χ3n) is 16.1. The molecule has 1 aromatic heterocycles. The van der Waals surface area contributed by atoms with E-state index in [-0.39, 0.29) is 72.1 Å². The van der Waals surface area contributed by atoms with Gasteiger partial charge in [0.15, 0.2) is 0 Å². The van der Waals surface area contributed by atoms with E-state index >= 15 is 0 Å². The maximum Gasteiger partial charge on any atom is 0.407 e. The van der Waals surface area contributed by atoms with Gasteiger partial charge in [0.1, 0.15) is 30.3 Å². The van der Waals surface area contributed by atoms with Crippen LogP contribution in [0.1, 0.15) is 103 Å². The molecule has 4 amide bonds. The smallest absolute Gasteiger partial charge is 0.407 e. The van der Waals surface area contributed by atoms with Gasteiger partial charge in [-0.3, -0.25) is 14.6 Å². The molecule has 0 unspecified atom stereocenters. The Labute approximate surface area is 421 Å². The van der Waals surface area contributed by atoms with Gasteiger partial charge in [-0.05, 0) is 149 Å². The van der Waals surface area contributed by atoms with Gasteiger partial charge in [-0.15, -0.1) is 0 Å². The summed E-state index contributed by atoms with van der Waals surface area (Å²) in [6.07, 6.45) is 5.91. The van der Waals surface area contributed by atoms with E-state index in [9.17, 15) is 19.2 Å². The molecule has 3 aromatic carbocycles. The molecule has 3 N–H and O–H groups in total. The summed E-state index contributed by atoms with van der Waals surface area (Å²) in [6.45, 7) is 11.5. The molecule has 0 radical (unpaired) electrons. The minimum atomic E-state index is -0.783. The molecule has 7 heterocycles. The van der Waals surface area contributed by atoms with Gasteiger partial charge < -0.3 is 53.8 Å². The Morgan fingerprint density at radius 1 is 0.778 bits per heavy atom. The van der Waals surface area contributed by atoms with Crippen LogP contribution in [0.4, 0.5) is 15.3 Å². The summed E-state index contributed by atoms with van der Waals surface area (Å²) in [5.41, 5.74) is 7.89. The quantitative estimate of drug-likeness (QED) is 0.131. The third-order valence-corrected chi connectivity index (χ3v) is 16.1. The van der Waals surface area contributed by atoms with Crippen LogP contribution in [0.15, 0.2) is 53.7 Å². The normalized spacial score (nSPS) is 28.5. The minimum Gasteiger partial charge on any atom is -0.488 e. The number of H-pyrrole nitrogens is 1. The monoisotopic (exact) mass is 988 g/mol. The number of benzene rings is 3. The van der Waals surface area contributed by atoms with E-state index in [0.717, 1.165) is 74.3 Å². The van der Waals surface area contributed by atoms with Crippen molar-refractivity contribution < 1.29 is 47.6 Å². The lowest BCUT2D eigenvalue weighted by Gasteiger charge is -2.39. The molecule has 0 bridgehead atoms. The number of carbonyl (C=O) groups is 4. The number of alkyl carbamates (subject to hydrolysis) is 2. The number of aliphatic imine (C=N–C) groups is 1. The topological polar surface area (TPSA) is 195 Å². The lowest BCUT2D eigenvalue weighted by molar-refractivity contribution is -0.139. The number of imidazole rings is 1. The molecule has 6 aliphatic heterocycles. The van der Waals surface area contributed by atoms with E-state index in [1.165, 1.54) is 14.2 Å². The maximum absolute atomic E-state index is 14.7. The van der Waals surface area contributed by atoms with Gasteiger partial charge in [-0.1, -0.05) is 18.2 Å². The Morgan fingerprint density at radius 2 is 1.44 bits per heavy atom. The number of carbonyl (C=O) groups excluding carboxylic acids is 4. The van der Waals surface area contributed by atoms with Crippen molar-refractivity contribution in [3.63, 3.8) is 0 Å².